The highest BCUT2D eigenvalue weighted by atomic mass is 32.1. The maximum Gasteiger partial charge on any atom is 0.271 e. The molecule has 0 atom stereocenters. The van der Waals surface area contributed by atoms with Crippen LogP contribution in [0.5, 0.6) is 11.5 Å². The van der Waals surface area contributed by atoms with Gasteiger partial charge in [0.2, 0.25) is 0 Å². The molecular weight excluding hydrogens is 410 g/mol. The molecule has 1 N–H and O–H groups in total. The van der Waals surface area contributed by atoms with E-state index in [-0.39, 0.29) is 5.91 Å². The Hall–Kier alpha value is -2.90. The van der Waals surface area contributed by atoms with E-state index in [1.807, 2.05) is 30.3 Å². The number of methoxy groups -OCH3 is 2. The van der Waals surface area contributed by atoms with Crippen molar-refractivity contribution in [2.75, 3.05) is 27.3 Å². The van der Waals surface area contributed by atoms with Gasteiger partial charge in [-0.3, -0.25) is 9.69 Å². The van der Waals surface area contributed by atoms with Crippen LogP contribution >= 0.6 is 11.3 Å². The van der Waals surface area contributed by atoms with Gasteiger partial charge in [-0.15, -0.1) is 11.3 Å². The largest absolute Gasteiger partial charge is 0.493 e. The molecule has 2 aromatic carbocycles. The molecule has 3 aromatic rings. The van der Waals surface area contributed by atoms with Crippen molar-refractivity contribution in [3.63, 3.8) is 0 Å². The molecule has 164 valence electrons. The molecular formula is C24H29N3O3S. The van der Waals surface area contributed by atoms with Crippen molar-refractivity contribution in [1.29, 1.82) is 0 Å². The van der Waals surface area contributed by atoms with Gasteiger partial charge >= 0.3 is 0 Å². The van der Waals surface area contributed by atoms with Gasteiger partial charge in [0.15, 0.2) is 11.5 Å². The molecule has 1 aromatic heterocycles. The van der Waals surface area contributed by atoms with Gasteiger partial charge in [0.25, 0.3) is 5.91 Å². The number of hydrogen-bond acceptors (Lipinski definition) is 6. The van der Waals surface area contributed by atoms with Crippen LogP contribution in [0.25, 0.3) is 10.6 Å². The number of amides is 1. The van der Waals surface area contributed by atoms with Gasteiger partial charge < -0.3 is 14.8 Å². The molecule has 0 saturated heterocycles. The first kappa shape index (κ1) is 22.8. The average Bonchev–Trinajstić information content (AvgIpc) is 3.31. The van der Waals surface area contributed by atoms with Crippen LogP contribution in [0, 0.1) is 0 Å². The lowest BCUT2D eigenvalue weighted by Gasteiger charge is -2.20. The second kappa shape index (κ2) is 10.9. The molecule has 0 saturated carbocycles. The first-order chi connectivity index (χ1) is 15.1. The number of ether oxygens (including phenoxy) is 2. The molecule has 0 bridgehead atoms. The second-order valence-electron chi connectivity index (χ2n) is 7.02. The summed E-state index contributed by atoms with van der Waals surface area (Å²) in [6, 6.07) is 13.8. The third-order valence-corrected chi connectivity index (χ3v) is 6.10. The number of aromatic nitrogens is 1. The molecule has 0 aliphatic carbocycles. The fourth-order valence-electron chi connectivity index (χ4n) is 3.32. The molecule has 0 unspecified atom stereocenters. The monoisotopic (exact) mass is 439 g/mol. The van der Waals surface area contributed by atoms with Crippen LogP contribution < -0.4 is 14.8 Å². The fourth-order valence-corrected chi connectivity index (χ4v) is 4.12. The lowest BCUT2D eigenvalue weighted by Crippen LogP contribution is -2.26. The van der Waals surface area contributed by atoms with Crippen molar-refractivity contribution < 1.29 is 14.3 Å². The summed E-state index contributed by atoms with van der Waals surface area (Å²) in [7, 11) is 3.20. The summed E-state index contributed by atoms with van der Waals surface area (Å²) in [5.41, 5.74) is 3.65. The van der Waals surface area contributed by atoms with Crippen molar-refractivity contribution >= 4 is 17.2 Å². The number of hydrogen-bond donors (Lipinski definition) is 1. The number of carbonyl (C=O) groups is 1. The zero-order chi connectivity index (χ0) is 22.2. The summed E-state index contributed by atoms with van der Waals surface area (Å²) in [4.78, 5) is 19.6. The number of nitrogens with one attached hydrogen (secondary N) is 1. The zero-order valence-corrected chi connectivity index (χ0v) is 19.3. The molecule has 31 heavy (non-hydrogen) atoms. The van der Waals surface area contributed by atoms with Crippen LogP contribution in [-0.2, 0) is 13.1 Å². The zero-order valence-electron chi connectivity index (χ0n) is 18.5. The topological polar surface area (TPSA) is 63.7 Å². The van der Waals surface area contributed by atoms with Gasteiger partial charge in [-0.25, -0.2) is 4.98 Å². The van der Waals surface area contributed by atoms with E-state index in [2.05, 4.69) is 41.2 Å². The molecule has 3 rings (SSSR count). The van der Waals surface area contributed by atoms with E-state index >= 15 is 0 Å². The smallest absolute Gasteiger partial charge is 0.271 e. The fraction of sp³-hybridized carbons (Fsp3) is 0.333. The first-order valence-corrected chi connectivity index (χ1v) is 11.2. The second-order valence-corrected chi connectivity index (χ2v) is 7.88. The first-order valence-electron chi connectivity index (χ1n) is 10.3. The van der Waals surface area contributed by atoms with E-state index < -0.39 is 0 Å². The molecule has 1 amide bonds. The maximum absolute atomic E-state index is 12.7. The van der Waals surface area contributed by atoms with Crippen LogP contribution in [0.4, 0.5) is 0 Å². The highest BCUT2D eigenvalue weighted by molar-refractivity contribution is 7.13. The minimum absolute atomic E-state index is 0.180. The Bertz CT molecular complexity index is 1010. The predicted octanol–water partition coefficient (Wildman–Crippen LogP) is 4.60. The minimum Gasteiger partial charge on any atom is -0.493 e. The minimum atomic E-state index is -0.180. The van der Waals surface area contributed by atoms with Crippen LogP contribution in [0.1, 0.15) is 35.5 Å². The number of carbonyl (C=O) groups excluding carboxylic acids is 1. The standard InChI is InChI=1S/C24H29N3O3S/c1-5-27(6-2)15-19-10-8-7-9-18(19)14-25-23(28)20-16-31-24(26-20)17-11-12-21(29-3)22(13-17)30-4/h7-13,16H,5-6,14-15H2,1-4H3,(H,25,28). The normalized spacial score (nSPS) is 10.9. The van der Waals surface area contributed by atoms with Crippen LogP contribution in [0.2, 0.25) is 0 Å². The molecule has 0 spiro atoms. The van der Waals surface area contributed by atoms with E-state index in [0.29, 0.717) is 23.7 Å². The summed E-state index contributed by atoms with van der Waals surface area (Å²) in [5, 5.41) is 5.55. The van der Waals surface area contributed by atoms with Crippen molar-refractivity contribution in [2.45, 2.75) is 26.9 Å². The van der Waals surface area contributed by atoms with E-state index in [1.165, 1.54) is 16.9 Å². The highest BCUT2D eigenvalue weighted by Gasteiger charge is 2.14. The lowest BCUT2D eigenvalue weighted by molar-refractivity contribution is 0.0946. The van der Waals surface area contributed by atoms with Crippen LogP contribution in [-0.4, -0.2) is 43.1 Å². The molecule has 0 fully saturated rings. The SMILES string of the molecule is CCN(CC)Cc1ccccc1CNC(=O)c1csc(-c2ccc(OC)c(OC)c2)n1. The van der Waals surface area contributed by atoms with Gasteiger partial charge in [-0.05, 0) is 42.4 Å². The summed E-state index contributed by atoms with van der Waals surface area (Å²) in [5.74, 6) is 1.11. The quantitative estimate of drug-likeness (QED) is 0.500. The van der Waals surface area contributed by atoms with E-state index in [1.54, 1.807) is 19.6 Å². The van der Waals surface area contributed by atoms with Crippen LogP contribution in [0.3, 0.4) is 0 Å². The van der Waals surface area contributed by atoms with Crippen molar-refractivity contribution in [2.24, 2.45) is 0 Å². The van der Waals surface area contributed by atoms with Gasteiger partial charge in [0.05, 0.1) is 14.2 Å². The molecule has 0 aliphatic heterocycles. The van der Waals surface area contributed by atoms with Crippen molar-refractivity contribution in [3.8, 4) is 22.1 Å². The Balaban J connectivity index is 1.69. The summed E-state index contributed by atoms with van der Waals surface area (Å²) in [6.07, 6.45) is 0. The summed E-state index contributed by atoms with van der Waals surface area (Å²) < 4.78 is 10.6. The number of nitrogens with zero attached hydrogens (tertiary/aromatic N) is 2. The number of benzene rings is 2. The van der Waals surface area contributed by atoms with E-state index in [0.717, 1.165) is 35.8 Å². The molecule has 1 heterocycles. The molecule has 0 radical (unpaired) electrons. The maximum atomic E-state index is 12.7. The van der Waals surface area contributed by atoms with Gasteiger partial charge in [0.1, 0.15) is 10.7 Å². The Kier molecular flexibility index (Phi) is 8.03. The highest BCUT2D eigenvalue weighted by Crippen LogP contribution is 2.33. The number of rotatable bonds is 10. The third kappa shape index (κ3) is 5.62. The summed E-state index contributed by atoms with van der Waals surface area (Å²) in [6.45, 7) is 7.65. The summed E-state index contributed by atoms with van der Waals surface area (Å²) >= 11 is 1.43. The predicted molar refractivity (Wildman–Crippen MR) is 125 cm³/mol. The molecule has 7 heteroatoms. The Labute approximate surface area is 187 Å². The lowest BCUT2D eigenvalue weighted by atomic mass is 10.1. The third-order valence-electron chi connectivity index (χ3n) is 5.21. The van der Waals surface area contributed by atoms with Crippen molar-refractivity contribution in [3.05, 3.63) is 64.7 Å². The Morgan fingerprint density at radius 3 is 2.42 bits per heavy atom. The number of thiazole rings is 1. The van der Waals surface area contributed by atoms with Gasteiger partial charge in [0, 0.05) is 24.0 Å². The molecule has 6 nitrogen and oxygen atoms in total. The Morgan fingerprint density at radius 1 is 1.03 bits per heavy atom. The molecule has 0 aliphatic rings. The average molecular weight is 440 g/mol. The Morgan fingerprint density at radius 2 is 1.74 bits per heavy atom. The van der Waals surface area contributed by atoms with Gasteiger partial charge in [-0.1, -0.05) is 38.1 Å². The van der Waals surface area contributed by atoms with Crippen LogP contribution in [0.15, 0.2) is 47.8 Å². The van der Waals surface area contributed by atoms with E-state index in [4.69, 9.17) is 9.47 Å². The van der Waals surface area contributed by atoms with E-state index in [9.17, 15) is 4.79 Å². The van der Waals surface area contributed by atoms with Gasteiger partial charge in [-0.2, -0.15) is 0 Å². The van der Waals surface area contributed by atoms with Crippen molar-refractivity contribution in [1.82, 2.24) is 15.2 Å².